The zero-order chi connectivity index (χ0) is 19.4. The van der Waals surface area contributed by atoms with Gasteiger partial charge in [-0.25, -0.2) is 9.18 Å². The molecular formula is C18H16FN3O4S. The molecule has 2 heterocycles. The second-order valence-electron chi connectivity index (χ2n) is 5.72. The molecule has 140 valence electrons. The Morgan fingerprint density at radius 2 is 2.04 bits per heavy atom. The molecule has 1 unspecified atom stereocenters. The number of primary amides is 1. The van der Waals surface area contributed by atoms with Crippen LogP contribution in [-0.2, 0) is 16.1 Å². The number of nitrogens with one attached hydrogen (secondary N) is 1. The standard InChI is InChI=1S/C18H16FN3O4S/c19-14-6-21-7-15-12(14)5-16(27-15)22-17(24)13(9-26-18(20)25)11-3-1-10(8-23)2-4-11/h1-7,13,23H,8-9H2,(H2,20,25)(H,22,24). The Morgan fingerprint density at radius 3 is 2.67 bits per heavy atom. The number of carbonyl (C=O) groups is 2. The Kier molecular flexibility index (Phi) is 5.63. The first kappa shape index (κ1) is 18.7. The molecule has 0 aliphatic heterocycles. The van der Waals surface area contributed by atoms with E-state index in [4.69, 9.17) is 15.6 Å². The van der Waals surface area contributed by atoms with Crippen LogP contribution in [0.3, 0.4) is 0 Å². The number of halogens is 1. The van der Waals surface area contributed by atoms with Gasteiger partial charge in [0.25, 0.3) is 0 Å². The predicted octanol–water partition coefficient (Wildman–Crippen LogP) is 2.75. The third-order valence-electron chi connectivity index (χ3n) is 3.92. The van der Waals surface area contributed by atoms with E-state index < -0.39 is 23.7 Å². The van der Waals surface area contributed by atoms with Crippen molar-refractivity contribution in [1.82, 2.24) is 4.98 Å². The van der Waals surface area contributed by atoms with Crippen LogP contribution < -0.4 is 11.1 Å². The molecule has 0 spiro atoms. The molecule has 9 heteroatoms. The van der Waals surface area contributed by atoms with Crippen LogP contribution in [0.15, 0.2) is 42.7 Å². The fraction of sp³-hybridized carbons (Fsp3) is 0.167. The van der Waals surface area contributed by atoms with Crippen molar-refractivity contribution in [2.75, 3.05) is 11.9 Å². The number of aromatic nitrogens is 1. The fourth-order valence-electron chi connectivity index (χ4n) is 2.54. The summed E-state index contributed by atoms with van der Waals surface area (Å²) in [4.78, 5) is 27.5. The van der Waals surface area contributed by atoms with Gasteiger partial charge in [-0.1, -0.05) is 24.3 Å². The first-order valence-corrected chi connectivity index (χ1v) is 8.75. The molecule has 0 saturated heterocycles. The van der Waals surface area contributed by atoms with Crippen LogP contribution in [0.5, 0.6) is 0 Å². The molecule has 0 aliphatic rings. The lowest BCUT2D eigenvalue weighted by atomic mass is 9.98. The number of hydrogen-bond acceptors (Lipinski definition) is 6. The molecule has 4 N–H and O–H groups in total. The number of amides is 2. The number of pyridine rings is 1. The smallest absolute Gasteiger partial charge is 0.404 e. The van der Waals surface area contributed by atoms with Gasteiger partial charge >= 0.3 is 6.09 Å². The van der Waals surface area contributed by atoms with E-state index in [1.54, 1.807) is 24.3 Å². The van der Waals surface area contributed by atoms with E-state index in [2.05, 4.69) is 10.3 Å². The number of aliphatic hydroxyl groups is 1. The van der Waals surface area contributed by atoms with E-state index in [0.29, 0.717) is 26.2 Å². The average Bonchev–Trinajstić information content (AvgIpc) is 3.06. The van der Waals surface area contributed by atoms with Crippen LogP contribution in [0.1, 0.15) is 17.0 Å². The highest BCUT2D eigenvalue weighted by Gasteiger charge is 2.23. The molecule has 3 rings (SSSR count). The van der Waals surface area contributed by atoms with Gasteiger partial charge in [0.15, 0.2) is 0 Å². The van der Waals surface area contributed by atoms with Gasteiger partial charge in [0.2, 0.25) is 5.91 Å². The van der Waals surface area contributed by atoms with Crippen LogP contribution in [0, 0.1) is 5.82 Å². The minimum absolute atomic E-state index is 0.129. The summed E-state index contributed by atoms with van der Waals surface area (Å²) in [6.07, 6.45) is 1.63. The minimum Gasteiger partial charge on any atom is -0.449 e. The summed E-state index contributed by atoms with van der Waals surface area (Å²) in [6, 6.07) is 8.18. The molecule has 3 aromatic rings. The summed E-state index contributed by atoms with van der Waals surface area (Å²) >= 11 is 1.18. The maximum Gasteiger partial charge on any atom is 0.404 e. The highest BCUT2D eigenvalue weighted by molar-refractivity contribution is 7.22. The van der Waals surface area contributed by atoms with Crippen molar-refractivity contribution in [2.24, 2.45) is 5.73 Å². The number of thiophene rings is 1. The van der Waals surface area contributed by atoms with Gasteiger partial charge in [0.05, 0.1) is 28.4 Å². The summed E-state index contributed by atoms with van der Waals surface area (Å²) in [5.41, 5.74) is 6.28. The highest BCUT2D eigenvalue weighted by Crippen LogP contribution is 2.31. The highest BCUT2D eigenvalue weighted by atomic mass is 32.1. The molecule has 0 radical (unpaired) electrons. The molecule has 2 amide bonds. The van der Waals surface area contributed by atoms with Crippen LogP contribution in [-0.4, -0.2) is 28.7 Å². The van der Waals surface area contributed by atoms with Gasteiger partial charge in [-0.15, -0.1) is 11.3 Å². The van der Waals surface area contributed by atoms with Crippen LogP contribution >= 0.6 is 11.3 Å². The monoisotopic (exact) mass is 389 g/mol. The molecule has 1 atom stereocenters. The number of benzene rings is 1. The van der Waals surface area contributed by atoms with Crippen molar-refractivity contribution in [3.05, 3.63) is 59.7 Å². The van der Waals surface area contributed by atoms with Crippen molar-refractivity contribution in [3.63, 3.8) is 0 Å². The van der Waals surface area contributed by atoms with Crippen LogP contribution in [0.2, 0.25) is 0 Å². The van der Waals surface area contributed by atoms with E-state index in [-0.39, 0.29) is 13.2 Å². The second kappa shape index (κ2) is 8.11. The van der Waals surface area contributed by atoms with Crippen molar-refractivity contribution >= 4 is 38.4 Å². The number of ether oxygens (including phenoxy) is 1. The van der Waals surface area contributed by atoms with Gasteiger partial charge in [0, 0.05) is 11.6 Å². The van der Waals surface area contributed by atoms with Crippen molar-refractivity contribution < 1.29 is 23.8 Å². The number of hydrogen-bond donors (Lipinski definition) is 3. The summed E-state index contributed by atoms with van der Waals surface area (Å²) in [7, 11) is 0. The maximum absolute atomic E-state index is 13.8. The van der Waals surface area contributed by atoms with Gasteiger partial charge in [-0.05, 0) is 17.2 Å². The summed E-state index contributed by atoms with van der Waals surface area (Å²) < 4.78 is 19.2. The van der Waals surface area contributed by atoms with Crippen LogP contribution in [0.4, 0.5) is 14.2 Å². The lowest BCUT2D eigenvalue weighted by molar-refractivity contribution is -0.118. The molecule has 0 bridgehead atoms. The lowest BCUT2D eigenvalue weighted by Crippen LogP contribution is -2.27. The number of nitrogens with zero attached hydrogens (tertiary/aromatic N) is 1. The number of fused-ring (bicyclic) bond motifs is 1. The zero-order valence-corrected chi connectivity index (χ0v) is 14.8. The van der Waals surface area contributed by atoms with Gasteiger partial charge in [0.1, 0.15) is 12.4 Å². The quantitative estimate of drug-likeness (QED) is 0.600. The van der Waals surface area contributed by atoms with Crippen molar-refractivity contribution in [2.45, 2.75) is 12.5 Å². The molecule has 0 saturated carbocycles. The minimum atomic E-state index is -0.991. The topological polar surface area (TPSA) is 115 Å². The largest absolute Gasteiger partial charge is 0.449 e. The Labute approximate surface area is 157 Å². The molecule has 0 aliphatic carbocycles. The third kappa shape index (κ3) is 4.39. The fourth-order valence-corrected chi connectivity index (χ4v) is 3.49. The Hall–Kier alpha value is -3.04. The van der Waals surface area contributed by atoms with Gasteiger partial charge in [-0.3, -0.25) is 9.78 Å². The van der Waals surface area contributed by atoms with Gasteiger partial charge < -0.3 is 20.9 Å². The number of anilines is 1. The zero-order valence-electron chi connectivity index (χ0n) is 14.0. The number of carbonyl (C=O) groups excluding carboxylic acids is 2. The van der Waals surface area contributed by atoms with Gasteiger partial charge in [-0.2, -0.15) is 0 Å². The van der Waals surface area contributed by atoms with E-state index in [0.717, 1.165) is 6.20 Å². The van der Waals surface area contributed by atoms with Crippen LogP contribution in [0.25, 0.3) is 10.1 Å². The Morgan fingerprint density at radius 1 is 1.30 bits per heavy atom. The molecular weight excluding hydrogens is 373 g/mol. The lowest BCUT2D eigenvalue weighted by Gasteiger charge is -2.16. The van der Waals surface area contributed by atoms with E-state index in [1.165, 1.54) is 23.6 Å². The SMILES string of the molecule is NC(=O)OCC(C(=O)Nc1cc2c(F)cncc2s1)c1ccc(CO)cc1. The normalized spacial score (nSPS) is 11.9. The first-order valence-electron chi connectivity index (χ1n) is 7.93. The predicted molar refractivity (Wildman–Crippen MR) is 98.8 cm³/mol. The number of aliphatic hydroxyl groups excluding tert-OH is 1. The molecule has 1 aromatic carbocycles. The molecule has 7 nitrogen and oxygen atoms in total. The van der Waals surface area contributed by atoms with E-state index in [9.17, 15) is 14.0 Å². The van der Waals surface area contributed by atoms with E-state index in [1.807, 2.05) is 0 Å². The van der Waals surface area contributed by atoms with Crippen molar-refractivity contribution in [1.29, 1.82) is 0 Å². The number of nitrogens with two attached hydrogens (primary N) is 1. The number of rotatable bonds is 6. The third-order valence-corrected chi connectivity index (χ3v) is 4.90. The molecule has 0 fully saturated rings. The summed E-state index contributed by atoms with van der Waals surface area (Å²) in [6.45, 7) is -0.378. The summed E-state index contributed by atoms with van der Waals surface area (Å²) in [5, 5.41) is 12.7. The van der Waals surface area contributed by atoms with E-state index >= 15 is 0 Å². The van der Waals surface area contributed by atoms with Crippen molar-refractivity contribution in [3.8, 4) is 0 Å². The summed E-state index contributed by atoms with van der Waals surface area (Å²) in [5.74, 6) is -1.73. The first-order chi connectivity index (χ1) is 13.0. The average molecular weight is 389 g/mol. The second-order valence-corrected chi connectivity index (χ2v) is 6.80. The maximum atomic E-state index is 13.8. The Bertz CT molecular complexity index is 974. The molecule has 2 aromatic heterocycles. The molecule has 27 heavy (non-hydrogen) atoms. The Balaban J connectivity index is 1.84.